The number of hydrogen-bond acceptors (Lipinski definition) is 4. The lowest BCUT2D eigenvalue weighted by molar-refractivity contribution is -0.118. The summed E-state index contributed by atoms with van der Waals surface area (Å²) in [5, 5.41) is 3.22. The van der Waals surface area contributed by atoms with Crippen molar-refractivity contribution in [2.45, 2.75) is 24.7 Å². The summed E-state index contributed by atoms with van der Waals surface area (Å²) >= 11 is 18.1. The first-order valence-corrected chi connectivity index (χ1v) is 11.0. The summed E-state index contributed by atoms with van der Waals surface area (Å²) in [5.41, 5.74) is 0.283. The summed E-state index contributed by atoms with van der Waals surface area (Å²) in [5.74, 6) is -0.321. The van der Waals surface area contributed by atoms with Gasteiger partial charge in [0.1, 0.15) is 5.75 Å². The van der Waals surface area contributed by atoms with E-state index in [2.05, 4.69) is 10.0 Å². The van der Waals surface area contributed by atoms with Crippen molar-refractivity contribution in [1.82, 2.24) is 4.72 Å². The third-order valence-corrected chi connectivity index (χ3v) is 6.01. The number of para-hydroxylation sites is 1. The molecule has 0 spiro atoms. The molecule has 0 radical (unpaired) electrons. The van der Waals surface area contributed by atoms with Crippen LogP contribution in [0.4, 0.5) is 5.69 Å². The number of carbonyl (C=O) groups is 1. The number of amides is 1. The third-order valence-electron chi connectivity index (χ3n) is 3.62. The second-order valence-electron chi connectivity index (χ2n) is 5.78. The van der Waals surface area contributed by atoms with Crippen LogP contribution in [-0.4, -0.2) is 27.5 Å². The van der Waals surface area contributed by atoms with Crippen molar-refractivity contribution in [2.75, 3.05) is 18.5 Å². The molecule has 0 unspecified atom stereocenters. The van der Waals surface area contributed by atoms with Gasteiger partial charge in [-0.15, -0.1) is 0 Å². The molecule has 0 aliphatic rings. The molecule has 0 aliphatic heterocycles. The van der Waals surface area contributed by atoms with Crippen molar-refractivity contribution in [3.8, 4) is 5.75 Å². The highest BCUT2D eigenvalue weighted by atomic mass is 35.5. The summed E-state index contributed by atoms with van der Waals surface area (Å²) in [7, 11) is -3.65. The molecule has 0 saturated carbocycles. The summed E-state index contributed by atoms with van der Waals surface area (Å²) < 4.78 is 32.3. The van der Waals surface area contributed by atoms with Crippen LogP contribution in [0.25, 0.3) is 0 Å². The quantitative estimate of drug-likeness (QED) is 0.524. The van der Waals surface area contributed by atoms with Crippen molar-refractivity contribution in [3.63, 3.8) is 0 Å². The molecule has 2 aromatic carbocycles. The predicted molar refractivity (Wildman–Crippen MR) is 112 cm³/mol. The Morgan fingerprint density at radius 2 is 1.75 bits per heavy atom. The Morgan fingerprint density at radius 1 is 1.07 bits per heavy atom. The molecule has 0 heterocycles. The maximum Gasteiger partial charge on any atom is 0.262 e. The molecule has 6 nitrogen and oxygen atoms in total. The van der Waals surface area contributed by atoms with Crippen LogP contribution in [0.3, 0.4) is 0 Å². The number of unbranched alkanes of at least 4 members (excludes halogenated alkanes) is 1. The summed E-state index contributed by atoms with van der Waals surface area (Å²) in [6.07, 6.45) is 1.61. The molecule has 0 aliphatic carbocycles. The topological polar surface area (TPSA) is 84.5 Å². The maximum absolute atomic E-state index is 12.2. The van der Waals surface area contributed by atoms with Gasteiger partial charge in [0.05, 0.1) is 25.7 Å². The van der Waals surface area contributed by atoms with Crippen LogP contribution in [0.15, 0.2) is 41.3 Å². The molecule has 10 heteroatoms. The monoisotopic (exact) mass is 464 g/mol. The van der Waals surface area contributed by atoms with Gasteiger partial charge >= 0.3 is 0 Å². The van der Waals surface area contributed by atoms with Gasteiger partial charge in [0, 0.05) is 6.54 Å². The van der Waals surface area contributed by atoms with E-state index < -0.39 is 15.9 Å². The second-order valence-corrected chi connectivity index (χ2v) is 8.77. The lowest BCUT2D eigenvalue weighted by atomic mass is 10.3. The number of halogens is 3. The van der Waals surface area contributed by atoms with E-state index in [0.717, 1.165) is 12.8 Å². The number of anilines is 1. The van der Waals surface area contributed by atoms with Crippen LogP contribution < -0.4 is 14.8 Å². The van der Waals surface area contributed by atoms with Gasteiger partial charge in [-0.2, -0.15) is 0 Å². The van der Waals surface area contributed by atoms with Crippen LogP contribution in [0, 0.1) is 0 Å². The molecule has 0 bridgehead atoms. The van der Waals surface area contributed by atoms with E-state index in [1.165, 1.54) is 18.2 Å². The zero-order valence-electron chi connectivity index (χ0n) is 15.0. The van der Waals surface area contributed by atoms with Crippen molar-refractivity contribution in [3.05, 3.63) is 51.5 Å². The Labute approximate surface area is 179 Å². The average Bonchev–Trinajstić information content (AvgIpc) is 2.64. The highest BCUT2D eigenvalue weighted by Gasteiger charge is 2.16. The van der Waals surface area contributed by atoms with E-state index in [1.807, 2.05) is 6.92 Å². The summed E-state index contributed by atoms with van der Waals surface area (Å²) in [6, 6.07) is 8.87. The SMILES string of the molecule is CCCCNS(=O)(=O)c1ccc(OCC(=O)Nc2c(Cl)cccc2Cl)c(Cl)c1. The van der Waals surface area contributed by atoms with Gasteiger partial charge in [-0.1, -0.05) is 54.2 Å². The Bertz CT molecular complexity index is 932. The lowest BCUT2D eigenvalue weighted by Crippen LogP contribution is -2.24. The molecule has 0 atom stereocenters. The first-order valence-electron chi connectivity index (χ1n) is 8.40. The number of nitrogens with one attached hydrogen (secondary N) is 2. The second kappa shape index (κ2) is 10.3. The number of benzene rings is 2. The minimum atomic E-state index is -3.65. The van der Waals surface area contributed by atoms with Crippen molar-refractivity contribution < 1.29 is 17.9 Å². The number of rotatable bonds is 9. The zero-order chi connectivity index (χ0) is 20.7. The zero-order valence-corrected chi connectivity index (χ0v) is 18.1. The largest absolute Gasteiger partial charge is 0.482 e. The molecule has 0 fully saturated rings. The van der Waals surface area contributed by atoms with Gasteiger partial charge in [0.2, 0.25) is 10.0 Å². The lowest BCUT2D eigenvalue weighted by Gasteiger charge is -2.12. The molecular weight excluding hydrogens is 447 g/mol. The first kappa shape index (κ1) is 22.8. The molecule has 28 heavy (non-hydrogen) atoms. The average molecular weight is 466 g/mol. The smallest absolute Gasteiger partial charge is 0.262 e. The van der Waals surface area contributed by atoms with Crippen LogP contribution >= 0.6 is 34.8 Å². The van der Waals surface area contributed by atoms with Gasteiger partial charge in [-0.25, -0.2) is 13.1 Å². The van der Waals surface area contributed by atoms with E-state index in [4.69, 9.17) is 39.5 Å². The van der Waals surface area contributed by atoms with Gasteiger partial charge in [-0.05, 0) is 36.8 Å². The Balaban J connectivity index is 2.00. The fraction of sp³-hybridized carbons (Fsp3) is 0.278. The summed E-state index contributed by atoms with van der Waals surface area (Å²) in [4.78, 5) is 12.1. The molecule has 2 rings (SSSR count). The standard InChI is InChI=1S/C18H19Cl3N2O4S/c1-2-3-9-22-28(25,26)12-7-8-16(15(21)10-12)27-11-17(24)23-18-13(19)5-4-6-14(18)20/h4-8,10,22H,2-3,9,11H2,1H3,(H,23,24). The number of hydrogen-bond donors (Lipinski definition) is 2. The minimum Gasteiger partial charge on any atom is -0.482 e. The molecule has 2 N–H and O–H groups in total. The van der Waals surface area contributed by atoms with Crippen molar-refractivity contribution in [1.29, 1.82) is 0 Å². The fourth-order valence-electron chi connectivity index (χ4n) is 2.17. The van der Waals surface area contributed by atoms with Crippen LogP contribution in [0.1, 0.15) is 19.8 Å². The van der Waals surface area contributed by atoms with Crippen molar-refractivity contribution >= 4 is 56.4 Å². The number of carbonyl (C=O) groups excluding carboxylic acids is 1. The van der Waals surface area contributed by atoms with Gasteiger partial charge < -0.3 is 10.1 Å². The van der Waals surface area contributed by atoms with Gasteiger partial charge in [-0.3, -0.25) is 4.79 Å². The third kappa shape index (κ3) is 6.25. The Hall–Kier alpha value is -1.51. The van der Waals surface area contributed by atoms with Crippen LogP contribution in [0.2, 0.25) is 15.1 Å². The Morgan fingerprint density at radius 3 is 2.36 bits per heavy atom. The predicted octanol–water partition coefficient (Wildman–Crippen LogP) is 4.74. The fourth-order valence-corrected chi connectivity index (χ4v) is 4.06. The number of ether oxygens (including phenoxy) is 1. The van der Waals surface area contributed by atoms with E-state index in [0.29, 0.717) is 16.6 Å². The molecule has 152 valence electrons. The number of sulfonamides is 1. The summed E-state index contributed by atoms with van der Waals surface area (Å²) in [6.45, 7) is 1.95. The Kier molecular flexibility index (Phi) is 8.39. The van der Waals surface area contributed by atoms with Crippen LogP contribution in [0.5, 0.6) is 5.75 Å². The van der Waals surface area contributed by atoms with E-state index in [-0.39, 0.29) is 28.0 Å². The molecule has 0 saturated heterocycles. The van der Waals surface area contributed by atoms with E-state index >= 15 is 0 Å². The van der Waals surface area contributed by atoms with E-state index in [9.17, 15) is 13.2 Å². The maximum atomic E-state index is 12.2. The van der Waals surface area contributed by atoms with Gasteiger partial charge in [0.25, 0.3) is 5.91 Å². The van der Waals surface area contributed by atoms with E-state index in [1.54, 1.807) is 18.2 Å². The normalized spacial score (nSPS) is 11.3. The molecule has 0 aromatic heterocycles. The molecule has 2 aromatic rings. The minimum absolute atomic E-state index is 0.0215. The highest BCUT2D eigenvalue weighted by Crippen LogP contribution is 2.30. The van der Waals surface area contributed by atoms with Crippen LogP contribution in [-0.2, 0) is 14.8 Å². The highest BCUT2D eigenvalue weighted by molar-refractivity contribution is 7.89. The van der Waals surface area contributed by atoms with Crippen molar-refractivity contribution in [2.24, 2.45) is 0 Å². The van der Waals surface area contributed by atoms with Gasteiger partial charge in [0.15, 0.2) is 6.61 Å². The molecule has 1 amide bonds. The molecular formula is C18H19Cl3N2O4S. The first-order chi connectivity index (χ1) is 13.2.